The van der Waals surface area contributed by atoms with Crippen LogP contribution in [0.5, 0.6) is 0 Å². The highest BCUT2D eigenvalue weighted by Gasteiger charge is 2.20. The standard InChI is InChI=1S/C11H16BrNO2/c1-4-9(7(2)3)13-6-8(12)5-10(13)11(14)15/h5-7,9H,4H2,1-3H3,(H,14,15). The first-order valence-corrected chi connectivity index (χ1v) is 5.87. The fraction of sp³-hybridized carbons (Fsp3) is 0.545. The van der Waals surface area contributed by atoms with Crippen LogP contribution in [0.4, 0.5) is 0 Å². The molecule has 0 aromatic carbocycles. The Labute approximate surface area is 98.2 Å². The Morgan fingerprint density at radius 1 is 1.60 bits per heavy atom. The van der Waals surface area contributed by atoms with Crippen molar-refractivity contribution in [2.45, 2.75) is 33.2 Å². The van der Waals surface area contributed by atoms with E-state index in [0.717, 1.165) is 10.9 Å². The third-order valence-electron chi connectivity index (χ3n) is 2.58. The second-order valence-electron chi connectivity index (χ2n) is 3.98. The molecule has 0 aliphatic carbocycles. The topological polar surface area (TPSA) is 42.2 Å². The molecule has 0 saturated heterocycles. The number of nitrogens with zero attached hydrogens (tertiary/aromatic N) is 1. The van der Waals surface area contributed by atoms with E-state index in [1.165, 1.54) is 0 Å². The summed E-state index contributed by atoms with van der Waals surface area (Å²) in [6.07, 6.45) is 2.77. The van der Waals surface area contributed by atoms with Crippen molar-refractivity contribution in [3.63, 3.8) is 0 Å². The Balaban J connectivity index is 3.16. The molecule has 0 aliphatic rings. The molecule has 3 nitrogen and oxygen atoms in total. The lowest BCUT2D eigenvalue weighted by Gasteiger charge is -2.22. The van der Waals surface area contributed by atoms with Crippen LogP contribution in [0, 0.1) is 5.92 Å². The smallest absolute Gasteiger partial charge is 0.352 e. The van der Waals surface area contributed by atoms with Crippen molar-refractivity contribution in [2.75, 3.05) is 0 Å². The Bertz CT molecular complexity index is 357. The minimum atomic E-state index is -0.875. The van der Waals surface area contributed by atoms with Gasteiger partial charge in [0.2, 0.25) is 0 Å². The highest BCUT2D eigenvalue weighted by molar-refractivity contribution is 9.10. The molecule has 0 fully saturated rings. The summed E-state index contributed by atoms with van der Waals surface area (Å²) in [6, 6.07) is 1.88. The van der Waals surface area contributed by atoms with E-state index in [4.69, 9.17) is 5.11 Å². The summed E-state index contributed by atoms with van der Waals surface area (Å²) >= 11 is 3.31. The first-order chi connectivity index (χ1) is 6.97. The molecule has 1 unspecified atom stereocenters. The van der Waals surface area contributed by atoms with E-state index < -0.39 is 5.97 Å². The zero-order valence-electron chi connectivity index (χ0n) is 9.20. The highest BCUT2D eigenvalue weighted by Crippen LogP contribution is 2.26. The predicted molar refractivity (Wildman–Crippen MR) is 63.3 cm³/mol. The molecule has 1 heterocycles. The van der Waals surface area contributed by atoms with E-state index in [0.29, 0.717) is 11.6 Å². The second kappa shape index (κ2) is 4.84. The number of hydrogen-bond donors (Lipinski definition) is 1. The van der Waals surface area contributed by atoms with Crippen molar-refractivity contribution in [1.82, 2.24) is 4.57 Å². The lowest BCUT2D eigenvalue weighted by atomic mass is 10.0. The number of aromatic carboxylic acids is 1. The van der Waals surface area contributed by atoms with Gasteiger partial charge in [0.15, 0.2) is 0 Å². The van der Waals surface area contributed by atoms with Crippen LogP contribution in [0.1, 0.15) is 43.7 Å². The quantitative estimate of drug-likeness (QED) is 0.912. The molecule has 1 aromatic rings. The summed E-state index contributed by atoms with van der Waals surface area (Å²) in [6.45, 7) is 6.28. The van der Waals surface area contributed by atoms with Gasteiger partial charge in [-0.3, -0.25) is 0 Å². The minimum Gasteiger partial charge on any atom is -0.477 e. The molecule has 1 atom stereocenters. The summed E-state index contributed by atoms with van der Waals surface area (Å²) in [5.74, 6) is -0.452. The lowest BCUT2D eigenvalue weighted by Crippen LogP contribution is -2.18. The summed E-state index contributed by atoms with van der Waals surface area (Å²) in [5.41, 5.74) is 0.349. The SMILES string of the molecule is CCC(C(C)C)n1cc(Br)cc1C(=O)O. The Kier molecular flexibility index (Phi) is 3.97. The fourth-order valence-corrected chi connectivity index (χ4v) is 2.32. The van der Waals surface area contributed by atoms with Crippen LogP contribution in [0.2, 0.25) is 0 Å². The molecule has 0 bridgehead atoms. The van der Waals surface area contributed by atoms with E-state index >= 15 is 0 Å². The van der Waals surface area contributed by atoms with Gasteiger partial charge in [0.05, 0.1) is 0 Å². The van der Waals surface area contributed by atoms with Gasteiger partial charge in [-0.05, 0) is 34.3 Å². The maximum atomic E-state index is 11.0. The van der Waals surface area contributed by atoms with E-state index in [9.17, 15) is 4.79 Å². The number of carboxylic acid groups (broad SMARTS) is 1. The second-order valence-corrected chi connectivity index (χ2v) is 4.89. The number of halogens is 1. The van der Waals surface area contributed by atoms with Crippen molar-refractivity contribution >= 4 is 21.9 Å². The Hall–Kier alpha value is -0.770. The van der Waals surface area contributed by atoms with Crippen molar-refractivity contribution in [3.8, 4) is 0 Å². The van der Waals surface area contributed by atoms with Gasteiger partial charge < -0.3 is 9.67 Å². The van der Waals surface area contributed by atoms with Crippen molar-refractivity contribution < 1.29 is 9.90 Å². The van der Waals surface area contributed by atoms with Gasteiger partial charge >= 0.3 is 5.97 Å². The molecule has 4 heteroatoms. The number of rotatable bonds is 4. The van der Waals surface area contributed by atoms with Gasteiger partial charge in [0, 0.05) is 16.7 Å². The van der Waals surface area contributed by atoms with Gasteiger partial charge in [-0.15, -0.1) is 0 Å². The van der Waals surface area contributed by atoms with Gasteiger partial charge in [-0.2, -0.15) is 0 Å². The molecular formula is C11H16BrNO2. The number of carbonyl (C=O) groups is 1. The number of aromatic nitrogens is 1. The van der Waals surface area contributed by atoms with Crippen molar-refractivity contribution in [2.24, 2.45) is 5.92 Å². The van der Waals surface area contributed by atoms with Crippen molar-refractivity contribution in [3.05, 3.63) is 22.4 Å². The number of hydrogen-bond acceptors (Lipinski definition) is 1. The van der Waals surface area contributed by atoms with E-state index in [1.54, 1.807) is 6.07 Å². The highest BCUT2D eigenvalue weighted by atomic mass is 79.9. The van der Waals surface area contributed by atoms with Crippen LogP contribution < -0.4 is 0 Å². The minimum absolute atomic E-state index is 0.238. The maximum absolute atomic E-state index is 11.0. The molecule has 1 N–H and O–H groups in total. The molecule has 0 spiro atoms. The summed E-state index contributed by atoms with van der Waals surface area (Å²) < 4.78 is 2.66. The normalized spacial score (nSPS) is 13.1. The largest absolute Gasteiger partial charge is 0.477 e. The molecular weight excluding hydrogens is 258 g/mol. The zero-order chi connectivity index (χ0) is 11.6. The van der Waals surface area contributed by atoms with E-state index in [1.807, 2.05) is 10.8 Å². The van der Waals surface area contributed by atoms with Gasteiger partial charge in [0.25, 0.3) is 0 Å². The summed E-state index contributed by atoms with van der Waals surface area (Å²) in [7, 11) is 0. The summed E-state index contributed by atoms with van der Waals surface area (Å²) in [5, 5.41) is 9.06. The Morgan fingerprint density at radius 3 is 2.60 bits per heavy atom. The van der Waals surface area contributed by atoms with Crippen LogP contribution in [0.3, 0.4) is 0 Å². The molecule has 1 aromatic heterocycles. The van der Waals surface area contributed by atoms with Crippen LogP contribution >= 0.6 is 15.9 Å². The third-order valence-corrected chi connectivity index (χ3v) is 3.01. The van der Waals surface area contributed by atoms with Crippen LogP contribution in [-0.2, 0) is 0 Å². The van der Waals surface area contributed by atoms with E-state index in [2.05, 4.69) is 36.7 Å². The average Bonchev–Trinajstić information content (AvgIpc) is 2.48. The molecule has 1 rings (SSSR count). The molecule has 84 valence electrons. The molecule has 0 amide bonds. The van der Waals surface area contributed by atoms with Crippen LogP contribution in [-0.4, -0.2) is 15.6 Å². The van der Waals surface area contributed by atoms with E-state index in [-0.39, 0.29) is 6.04 Å². The monoisotopic (exact) mass is 273 g/mol. The maximum Gasteiger partial charge on any atom is 0.352 e. The molecule has 15 heavy (non-hydrogen) atoms. The molecule has 0 saturated carbocycles. The zero-order valence-corrected chi connectivity index (χ0v) is 10.8. The van der Waals surface area contributed by atoms with Crippen LogP contribution in [0.15, 0.2) is 16.7 Å². The predicted octanol–water partition coefficient (Wildman–Crippen LogP) is 3.56. The van der Waals surface area contributed by atoms with Crippen LogP contribution in [0.25, 0.3) is 0 Å². The number of carboxylic acids is 1. The van der Waals surface area contributed by atoms with Gasteiger partial charge in [-0.1, -0.05) is 20.8 Å². The first-order valence-electron chi connectivity index (χ1n) is 5.08. The average molecular weight is 274 g/mol. The summed E-state index contributed by atoms with van der Waals surface area (Å²) in [4.78, 5) is 11.0. The molecule has 0 aliphatic heterocycles. The van der Waals surface area contributed by atoms with Gasteiger partial charge in [0.1, 0.15) is 5.69 Å². The Morgan fingerprint density at radius 2 is 2.20 bits per heavy atom. The lowest BCUT2D eigenvalue weighted by molar-refractivity contribution is 0.0680. The fourth-order valence-electron chi connectivity index (χ4n) is 1.88. The first kappa shape index (κ1) is 12.3. The third kappa shape index (κ3) is 2.62. The molecule has 0 radical (unpaired) electrons. The van der Waals surface area contributed by atoms with Gasteiger partial charge in [-0.25, -0.2) is 4.79 Å². The van der Waals surface area contributed by atoms with Crippen molar-refractivity contribution in [1.29, 1.82) is 0 Å².